The van der Waals surface area contributed by atoms with E-state index in [1.807, 2.05) is 30.9 Å². The van der Waals surface area contributed by atoms with Gasteiger partial charge in [0.25, 0.3) is 0 Å². The van der Waals surface area contributed by atoms with E-state index in [-0.39, 0.29) is 0 Å². The van der Waals surface area contributed by atoms with Crippen molar-refractivity contribution >= 4 is 38.4 Å². The molecule has 6 heteroatoms. The molecule has 4 heterocycles. The van der Waals surface area contributed by atoms with Gasteiger partial charge in [0.05, 0.1) is 0 Å². The SMILES string of the molecule is CC(C)Nc1ncc2c(-c3cc4cnccc4s3)c[nH]c2n1. The third-order valence-corrected chi connectivity index (χ3v) is 4.58. The van der Waals surface area contributed by atoms with Crippen LogP contribution in [0.15, 0.2) is 36.9 Å². The molecule has 0 saturated carbocycles. The van der Waals surface area contributed by atoms with Crippen LogP contribution in [0.25, 0.3) is 31.6 Å². The zero-order chi connectivity index (χ0) is 15.1. The molecule has 0 aliphatic carbocycles. The fraction of sp³-hybridized carbons (Fsp3) is 0.188. The van der Waals surface area contributed by atoms with Crippen molar-refractivity contribution in [2.75, 3.05) is 5.32 Å². The van der Waals surface area contributed by atoms with Gasteiger partial charge in [0, 0.05) is 56.7 Å². The van der Waals surface area contributed by atoms with Gasteiger partial charge in [0.15, 0.2) is 0 Å². The lowest BCUT2D eigenvalue weighted by molar-refractivity contribution is 0.877. The molecular weight excluding hydrogens is 294 g/mol. The number of fused-ring (bicyclic) bond motifs is 2. The molecule has 22 heavy (non-hydrogen) atoms. The van der Waals surface area contributed by atoms with Crippen molar-refractivity contribution in [1.82, 2.24) is 19.9 Å². The Morgan fingerprint density at radius 1 is 1.27 bits per heavy atom. The largest absolute Gasteiger partial charge is 0.352 e. The molecule has 0 unspecified atom stereocenters. The molecule has 0 aliphatic heterocycles. The third-order valence-electron chi connectivity index (χ3n) is 3.43. The normalized spacial score (nSPS) is 11.6. The molecule has 0 spiro atoms. The first-order valence-electron chi connectivity index (χ1n) is 7.15. The van der Waals surface area contributed by atoms with Gasteiger partial charge in [-0.2, -0.15) is 4.98 Å². The Labute approximate surface area is 131 Å². The highest BCUT2D eigenvalue weighted by molar-refractivity contribution is 7.22. The molecule has 4 rings (SSSR count). The van der Waals surface area contributed by atoms with E-state index in [2.05, 4.69) is 45.2 Å². The molecule has 4 aromatic heterocycles. The number of hydrogen-bond acceptors (Lipinski definition) is 5. The molecule has 4 aromatic rings. The lowest BCUT2D eigenvalue weighted by Gasteiger charge is -2.07. The number of aromatic amines is 1. The van der Waals surface area contributed by atoms with Crippen LogP contribution in [0.3, 0.4) is 0 Å². The van der Waals surface area contributed by atoms with Crippen LogP contribution in [0.2, 0.25) is 0 Å². The second kappa shape index (κ2) is 5.06. The van der Waals surface area contributed by atoms with Crippen molar-refractivity contribution in [2.24, 2.45) is 0 Å². The standard InChI is InChI=1S/C16H15N5S/c1-9(2)20-16-19-8-12-11(7-18-15(12)21-16)14-5-10-6-17-4-3-13(10)22-14/h3-9H,1-2H3,(H2,18,19,20,21). The van der Waals surface area contributed by atoms with E-state index in [0.29, 0.717) is 12.0 Å². The Kier molecular flexibility index (Phi) is 3.04. The van der Waals surface area contributed by atoms with Crippen molar-refractivity contribution < 1.29 is 0 Å². The number of nitrogens with one attached hydrogen (secondary N) is 2. The summed E-state index contributed by atoms with van der Waals surface area (Å²) in [6.07, 6.45) is 7.59. The fourth-order valence-electron chi connectivity index (χ4n) is 2.46. The predicted octanol–water partition coefficient (Wildman–Crippen LogP) is 4.05. The lowest BCUT2D eigenvalue weighted by Crippen LogP contribution is -2.12. The maximum absolute atomic E-state index is 4.53. The molecule has 0 radical (unpaired) electrons. The first-order chi connectivity index (χ1) is 10.7. The fourth-order valence-corrected chi connectivity index (χ4v) is 3.52. The second-order valence-corrected chi connectivity index (χ2v) is 6.57. The minimum Gasteiger partial charge on any atom is -0.352 e. The van der Waals surface area contributed by atoms with Gasteiger partial charge in [0.1, 0.15) is 5.65 Å². The summed E-state index contributed by atoms with van der Waals surface area (Å²) in [6.45, 7) is 4.14. The molecule has 2 N–H and O–H groups in total. The first-order valence-corrected chi connectivity index (χ1v) is 7.97. The van der Waals surface area contributed by atoms with Crippen LogP contribution in [0.5, 0.6) is 0 Å². The van der Waals surface area contributed by atoms with Gasteiger partial charge in [-0.05, 0) is 26.0 Å². The molecule has 110 valence electrons. The topological polar surface area (TPSA) is 66.5 Å². The highest BCUT2D eigenvalue weighted by Gasteiger charge is 2.12. The summed E-state index contributed by atoms with van der Waals surface area (Å²) in [5, 5.41) is 5.42. The molecule has 0 bridgehead atoms. The predicted molar refractivity (Wildman–Crippen MR) is 91.3 cm³/mol. The molecule has 0 aromatic carbocycles. The van der Waals surface area contributed by atoms with Crippen molar-refractivity contribution in [3.63, 3.8) is 0 Å². The average Bonchev–Trinajstić information content (AvgIpc) is 3.09. The first kappa shape index (κ1) is 13.2. The number of H-pyrrole nitrogens is 1. The summed E-state index contributed by atoms with van der Waals surface area (Å²) in [7, 11) is 0. The highest BCUT2D eigenvalue weighted by atomic mass is 32.1. The number of nitrogens with zero attached hydrogens (tertiary/aromatic N) is 3. The Hall–Kier alpha value is -2.47. The highest BCUT2D eigenvalue weighted by Crippen LogP contribution is 2.36. The molecule has 0 amide bonds. The number of hydrogen-bond donors (Lipinski definition) is 2. The van der Waals surface area contributed by atoms with Crippen molar-refractivity contribution in [3.05, 3.63) is 36.9 Å². The zero-order valence-corrected chi connectivity index (χ0v) is 13.1. The molecule has 0 aliphatic rings. The van der Waals surface area contributed by atoms with E-state index in [4.69, 9.17) is 0 Å². The van der Waals surface area contributed by atoms with E-state index in [1.54, 1.807) is 11.3 Å². The van der Waals surface area contributed by atoms with E-state index in [1.165, 1.54) is 9.58 Å². The van der Waals surface area contributed by atoms with Gasteiger partial charge in [-0.1, -0.05) is 0 Å². The van der Waals surface area contributed by atoms with Gasteiger partial charge < -0.3 is 10.3 Å². The van der Waals surface area contributed by atoms with Crippen molar-refractivity contribution in [3.8, 4) is 10.4 Å². The van der Waals surface area contributed by atoms with Gasteiger partial charge in [-0.25, -0.2) is 4.98 Å². The quantitative estimate of drug-likeness (QED) is 0.599. The number of pyridine rings is 1. The lowest BCUT2D eigenvalue weighted by atomic mass is 10.2. The summed E-state index contributed by atoms with van der Waals surface area (Å²) in [5.74, 6) is 0.649. The van der Waals surface area contributed by atoms with Gasteiger partial charge in [0.2, 0.25) is 5.95 Å². The number of aromatic nitrogens is 4. The Morgan fingerprint density at radius 3 is 3.00 bits per heavy atom. The molecule has 5 nitrogen and oxygen atoms in total. The minimum atomic E-state index is 0.307. The van der Waals surface area contributed by atoms with E-state index >= 15 is 0 Å². The Balaban J connectivity index is 1.81. The zero-order valence-electron chi connectivity index (χ0n) is 12.3. The van der Waals surface area contributed by atoms with Crippen molar-refractivity contribution in [1.29, 1.82) is 0 Å². The minimum absolute atomic E-state index is 0.307. The number of anilines is 1. The molecule has 0 atom stereocenters. The van der Waals surface area contributed by atoms with Crippen LogP contribution in [-0.2, 0) is 0 Å². The van der Waals surface area contributed by atoms with Crippen LogP contribution in [0.4, 0.5) is 5.95 Å². The van der Waals surface area contributed by atoms with E-state index in [9.17, 15) is 0 Å². The summed E-state index contributed by atoms with van der Waals surface area (Å²) in [4.78, 5) is 17.6. The van der Waals surface area contributed by atoms with Crippen LogP contribution in [-0.4, -0.2) is 26.0 Å². The number of thiophene rings is 1. The maximum Gasteiger partial charge on any atom is 0.224 e. The number of rotatable bonds is 3. The average molecular weight is 309 g/mol. The Morgan fingerprint density at radius 2 is 2.18 bits per heavy atom. The monoisotopic (exact) mass is 309 g/mol. The van der Waals surface area contributed by atoms with Crippen molar-refractivity contribution in [2.45, 2.75) is 19.9 Å². The maximum atomic E-state index is 4.53. The van der Waals surface area contributed by atoms with E-state index < -0.39 is 0 Å². The van der Waals surface area contributed by atoms with Gasteiger partial charge >= 0.3 is 0 Å². The van der Waals surface area contributed by atoms with Crippen LogP contribution >= 0.6 is 11.3 Å². The summed E-state index contributed by atoms with van der Waals surface area (Å²) in [6, 6.07) is 4.51. The van der Waals surface area contributed by atoms with Gasteiger partial charge in [-0.3, -0.25) is 4.98 Å². The summed E-state index contributed by atoms with van der Waals surface area (Å²) >= 11 is 1.75. The Bertz CT molecular complexity index is 920. The summed E-state index contributed by atoms with van der Waals surface area (Å²) in [5.41, 5.74) is 1.98. The smallest absolute Gasteiger partial charge is 0.224 e. The second-order valence-electron chi connectivity index (χ2n) is 5.48. The summed E-state index contributed by atoms with van der Waals surface area (Å²) < 4.78 is 1.23. The van der Waals surface area contributed by atoms with Crippen LogP contribution in [0.1, 0.15) is 13.8 Å². The molecule has 0 saturated heterocycles. The van der Waals surface area contributed by atoms with Crippen LogP contribution in [0, 0.1) is 0 Å². The van der Waals surface area contributed by atoms with E-state index in [0.717, 1.165) is 22.0 Å². The molecular formula is C16H15N5S. The van der Waals surface area contributed by atoms with Gasteiger partial charge in [-0.15, -0.1) is 11.3 Å². The van der Waals surface area contributed by atoms with Crippen LogP contribution < -0.4 is 5.32 Å². The third kappa shape index (κ3) is 2.21. The molecule has 0 fully saturated rings.